The van der Waals surface area contributed by atoms with Gasteiger partial charge in [0.15, 0.2) is 0 Å². The number of hydrogen-bond acceptors (Lipinski definition) is 6. The Morgan fingerprint density at radius 3 is 1.68 bits per heavy atom. The summed E-state index contributed by atoms with van der Waals surface area (Å²) in [6.45, 7) is 9.22. The summed E-state index contributed by atoms with van der Waals surface area (Å²) >= 11 is 0. The molecule has 4 atom stereocenters. The van der Waals surface area contributed by atoms with Gasteiger partial charge in [0.1, 0.15) is 17.6 Å². The maximum Gasteiger partial charge on any atom is 0.317 e. The molecule has 2 aliphatic heterocycles. The molecule has 7 heteroatoms. The highest BCUT2D eigenvalue weighted by atomic mass is 16.6. The van der Waals surface area contributed by atoms with Crippen molar-refractivity contribution in [3.05, 3.63) is 12.2 Å². The van der Waals surface area contributed by atoms with Crippen molar-refractivity contribution in [2.45, 2.75) is 90.1 Å². The number of carbonyl (C=O) groups is 3. The highest BCUT2D eigenvalue weighted by Crippen LogP contribution is 2.54. The maximum absolute atomic E-state index is 12.3. The van der Waals surface area contributed by atoms with Crippen molar-refractivity contribution in [2.24, 2.45) is 11.8 Å². The number of carbonyl (C=O) groups excluding carboxylic acids is 2. The lowest BCUT2D eigenvalue weighted by Crippen LogP contribution is -2.56. The van der Waals surface area contributed by atoms with E-state index in [2.05, 4.69) is 0 Å². The van der Waals surface area contributed by atoms with Gasteiger partial charge in [-0.15, -0.1) is 0 Å². The van der Waals surface area contributed by atoms with Crippen molar-refractivity contribution in [2.75, 3.05) is 0 Å². The van der Waals surface area contributed by atoms with Gasteiger partial charge in [-0.05, 0) is 25.7 Å². The van der Waals surface area contributed by atoms with Crippen LogP contribution in [0.15, 0.2) is 12.2 Å². The third kappa shape index (κ3) is 3.95. The molecule has 7 nitrogen and oxygen atoms in total. The van der Waals surface area contributed by atoms with Gasteiger partial charge in [-0.3, -0.25) is 14.4 Å². The molecular weight excluding hydrogens is 364 g/mol. The Morgan fingerprint density at radius 2 is 1.32 bits per heavy atom. The Kier molecular flexibility index (Phi) is 6.91. The summed E-state index contributed by atoms with van der Waals surface area (Å²) in [6, 6.07) is 0. The number of rotatable bonds is 10. The van der Waals surface area contributed by atoms with Crippen LogP contribution in [0.5, 0.6) is 0 Å². The van der Waals surface area contributed by atoms with Crippen LogP contribution in [0.2, 0.25) is 0 Å². The summed E-state index contributed by atoms with van der Waals surface area (Å²) in [4.78, 5) is 35.1. The minimum atomic E-state index is -1.22. The normalized spacial score (nSPS) is 26.3. The third-order valence-electron chi connectivity index (χ3n) is 6.47. The van der Waals surface area contributed by atoms with Crippen molar-refractivity contribution < 1.29 is 33.7 Å². The van der Waals surface area contributed by atoms with Gasteiger partial charge >= 0.3 is 17.9 Å². The molecule has 0 saturated carbocycles. The lowest BCUT2D eigenvalue weighted by Gasteiger charge is -2.48. The molecule has 0 spiro atoms. The van der Waals surface area contributed by atoms with E-state index in [-0.39, 0.29) is 30.0 Å². The molecule has 2 bridgehead atoms. The zero-order chi connectivity index (χ0) is 21.1. The van der Waals surface area contributed by atoms with Crippen LogP contribution in [0.3, 0.4) is 0 Å². The number of esters is 2. The minimum absolute atomic E-state index is 0.182. The van der Waals surface area contributed by atoms with Crippen molar-refractivity contribution >= 4 is 17.9 Å². The second-order valence-electron chi connectivity index (χ2n) is 7.68. The van der Waals surface area contributed by atoms with Crippen molar-refractivity contribution in [3.8, 4) is 0 Å². The van der Waals surface area contributed by atoms with E-state index in [1.165, 1.54) is 6.92 Å². The topological polar surface area (TPSA) is 99.1 Å². The number of fused-ring (bicyclic) bond motifs is 2. The first-order chi connectivity index (χ1) is 13.2. The van der Waals surface area contributed by atoms with Crippen LogP contribution in [-0.4, -0.2) is 46.4 Å². The monoisotopic (exact) mass is 396 g/mol. The van der Waals surface area contributed by atoms with Gasteiger partial charge in [0.05, 0.1) is 12.2 Å². The van der Waals surface area contributed by atoms with Gasteiger partial charge in [0.2, 0.25) is 0 Å². The van der Waals surface area contributed by atoms with E-state index in [1.54, 1.807) is 0 Å². The van der Waals surface area contributed by atoms with Gasteiger partial charge in [-0.1, -0.05) is 39.8 Å². The molecule has 0 aromatic rings. The molecule has 0 aliphatic carbocycles. The molecule has 158 valence electrons. The van der Waals surface area contributed by atoms with E-state index in [0.717, 1.165) is 0 Å². The van der Waals surface area contributed by atoms with Crippen LogP contribution in [0.4, 0.5) is 0 Å². The van der Waals surface area contributed by atoms with Crippen LogP contribution < -0.4 is 0 Å². The van der Waals surface area contributed by atoms with Crippen molar-refractivity contribution in [3.63, 3.8) is 0 Å². The molecule has 2 aliphatic rings. The van der Waals surface area contributed by atoms with Crippen LogP contribution in [0.1, 0.15) is 66.7 Å². The lowest BCUT2D eigenvalue weighted by atomic mass is 9.62. The highest BCUT2D eigenvalue weighted by molar-refractivity contribution is 5.90. The molecule has 0 aromatic heterocycles. The van der Waals surface area contributed by atoms with E-state index in [4.69, 9.17) is 19.3 Å². The number of carboxylic acid groups (broad SMARTS) is 1. The Hall–Kier alpha value is -1.89. The van der Waals surface area contributed by atoms with Crippen LogP contribution in [-0.2, 0) is 28.6 Å². The molecule has 0 amide bonds. The lowest BCUT2D eigenvalue weighted by molar-refractivity contribution is -0.189. The van der Waals surface area contributed by atoms with E-state index in [9.17, 15) is 14.4 Å². The van der Waals surface area contributed by atoms with E-state index >= 15 is 0 Å². The molecule has 0 aromatic carbocycles. The Bertz CT molecular complexity index is 631. The van der Waals surface area contributed by atoms with Crippen LogP contribution in [0, 0.1) is 11.8 Å². The van der Waals surface area contributed by atoms with Gasteiger partial charge in [-0.25, -0.2) is 0 Å². The second-order valence-corrected chi connectivity index (χ2v) is 7.68. The summed E-state index contributed by atoms with van der Waals surface area (Å²) in [5, 5.41) is 8.96. The molecule has 2 rings (SSSR count). The summed E-state index contributed by atoms with van der Waals surface area (Å²) in [5.74, 6) is -2.74. The quantitative estimate of drug-likeness (QED) is 0.344. The summed E-state index contributed by atoms with van der Waals surface area (Å²) in [5.41, 5.74) is -1.63. The molecular formula is C21H32O7. The number of aliphatic carboxylic acids is 1. The van der Waals surface area contributed by atoms with E-state index in [1.807, 2.05) is 39.8 Å². The Labute approximate surface area is 166 Å². The molecule has 1 saturated heterocycles. The Balaban J connectivity index is 2.48. The summed E-state index contributed by atoms with van der Waals surface area (Å²) < 4.78 is 17.8. The smallest absolute Gasteiger partial charge is 0.317 e. The van der Waals surface area contributed by atoms with E-state index < -0.39 is 29.6 Å². The second kappa shape index (κ2) is 8.64. The maximum atomic E-state index is 12.3. The fraction of sp³-hybridized carbons (Fsp3) is 0.762. The molecule has 1 fully saturated rings. The Morgan fingerprint density at radius 1 is 0.893 bits per heavy atom. The SMILES string of the molecule is CCC(CC)(OC(C)=O)C1C2C=CC(O2)C1C(CC)(CC)OC(=O)CC(=O)O. The fourth-order valence-electron chi connectivity index (χ4n) is 5.10. The van der Waals surface area contributed by atoms with Gasteiger partial charge in [0.25, 0.3) is 0 Å². The predicted octanol–water partition coefficient (Wildman–Crippen LogP) is 3.25. The predicted molar refractivity (Wildman–Crippen MR) is 102 cm³/mol. The standard InChI is InChI=1S/C21H32O7/c1-6-20(7-2,27-13(5)22)18-14-10-11-15(26-14)19(18)21(8-3,9-4)28-17(25)12-16(23)24/h10-11,14-15,18-19H,6-9,12H2,1-5H3,(H,23,24). The highest BCUT2D eigenvalue weighted by Gasteiger charge is 2.63. The van der Waals surface area contributed by atoms with Crippen LogP contribution in [0.25, 0.3) is 0 Å². The van der Waals surface area contributed by atoms with Gasteiger partial charge in [0, 0.05) is 18.8 Å². The summed E-state index contributed by atoms with van der Waals surface area (Å²) in [6.07, 6.45) is 5.03. The molecule has 2 heterocycles. The van der Waals surface area contributed by atoms with E-state index in [0.29, 0.717) is 25.7 Å². The zero-order valence-corrected chi connectivity index (χ0v) is 17.4. The first kappa shape index (κ1) is 22.4. The zero-order valence-electron chi connectivity index (χ0n) is 17.4. The van der Waals surface area contributed by atoms with Gasteiger partial charge < -0.3 is 19.3 Å². The summed E-state index contributed by atoms with van der Waals surface area (Å²) in [7, 11) is 0. The average Bonchev–Trinajstić information content (AvgIpc) is 3.25. The molecule has 1 N–H and O–H groups in total. The average molecular weight is 396 g/mol. The molecule has 4 unspecified atom stereocenters. The van der Waals surface area contributed by atoms with Crippen molar-refractivity contribution in [1.82, 2.24) is 0 Å². The van der Waals surface area contributed by atoms with Gasteiger partial charge in [-0.2, -0.15) is 0 Å². The molecule has 28 heavy (non-hydrogen) atoms. The fourth-order valence-corrected chi connectivity index (χ4v) is 5.10. The van der Waals surface area contributed by atoms with Crippen LogP contribution >= 0.6 is 0 Å². The number of ether oxygens (including phenoxy) is 3. The first-order valence-electron chi connectivity index (χ1n) is 10.2. The first-order valence-corrected chi connectivity index (χ1v) is 10.2. The largest absolute Gasteiger partial charge is 0.481 e. The van der Waals surface area contributed by atoms with Crippen molar-refractivity contribution in [1.29, 1.82) is 0 Å². The third-order valence-corrected chi connectivity index (χ3v) is 6.47. The number of carboxylic acids is 1. The number of hydrogen-bond donors (Lipinski definition) is 1. The minimum Gasteiger partial charge on any atom is -0.481 e. The molecule has 0 radical (unpaired) electrons.